The molecule has 11 aromatic rings. The summed E-state index contributed by atoms with van der Waals surface area (Å²) in [6, 6.07) is 81.7. The van der Waals surface area contributed by atoms with Crippen molar-refractivity contribution >= 4 is 91.1 Å². The Kier molecular flexibility index (Phi) is 8.88. The minimum atomic E-state index is -0.417. The van der Waals surface area contributed by atoms with Gasteiger partial charge in [0.25, 0.3) is 13.4 Å². The maximum absolute atomic E-state index is 7.43. The molecule has 0 unspecified atom stereocenters. The molecule has 1 aliphatic carbocycles. The topological polar surface area (TPSA) is 43.4 Å². The zero-order valence-corrected chi connectivity index (χ0v) is 41.1. The Labute approximate surface area is 435 Å². The zero-order chi connectivity index (χ0) is 49.5. The van der Waals surface area contributed by atoms with Crippen molar-refractivity contribution in [1.29, 1.82) is 0 Å². The summed E-state index contributed by atoms with van der Waals surface area (Å²) in [5, 5.41) is 1.97. The molecule has 0 spiro atoms. The lowest BCUT2D eigenvalue weighted by molar-refractivity contribution is 0.468. The molecule has 0 fully saturated rings. The first-order chi connectivity index (χ1) is 36.9. The Morgan fingerprint density at radius 2 is 1.01 bits per heavy atom. The fraction of sp³-hybridized carbons (Fsp3) is 0.0448. The molecule has 0 atom stereocenters. The molecule has 6 nitrogen and oxygen atoms in total. The van der Waals surface area contributed by atoms with Crippen LogP contribution >= 0.6 is 0 Å². The highest BCUT2D eigenvalue weighted by Crippen LogP contribution is 2.58. The number of hydrogen-bond acceptors (Lipinski definition) is 6. The molecular formula is C67H44B2N2O4. The Hall–Kier alpha value is -9.39. The minimum absolute atomic E-state index is 0.135. The van der Waals surface area contributed by atoms with E-state index in [0.29, 0.717) is 0 Å². The van der Waals surface area contributed by atoms with Gasteiger partial charge in [0.15, 0.2) is 0 Å². The normalized spacial score (nSPS) is 14.2. The van der Waals surface area contributed by atoms with Crippen molar-refractivity contribution in [2.45, 2.75) is 19.3 Å². The number of ether oxygens (including phenoxy) is 4. The second-order valence-corrected chi connectivity index (χ2v) is 20.7. The van der Waals surface area contributed by atoms with Gasteiger partial charge in [-0.1, -0.05) is 135 Å². The summed E-state index contributed by atoms with van der Waals surface area (Å²) in [4.78, 5) is 5.05. The maximum atomic E-state index is 7.43. The SMILES string of the molecule is CC1(C)c2cc(Oc3ccccc3)ccc2-c2cc3c4c(c21)N(c1ccccc1)c1ccccc1B4c1cc2c(cc1N3c1ccccc1)Oc1c3c(cc4cc(Oc5ccccc5)ccc14)Oc1ccccc1B23. The van der Waals surface area contributed by atoms with E-state index in [1.165, 1.54) is 50.0 Å². The Morgan fingerprint density at radius 1 is 0.400 bits per heavy atom. The van der Waals surface area contributed by atoms with Crippen molar-refractivity contribution in [3.63, 3.8) is 0 Å². The molecule has 0 radical (unpaired) electrons. The second-order valence-electron chi connectivity index (χ2n) is 20.7. The number of hydrogen-bond donors (Lipinski definition) is 0. The third-order valence-corrected chi connectivity index (χ3v) is 16.2. The van der Waals surface area contributed by atoms with Crippen LogP contribution in [0.2, 0.25) is 0 Å². The van der Waals surface area contributed by atoms with E-state index in [4.69, 9.17) is 18.9 Å². The number of anilines is 6. The van der Waals surface area contributed by atoms with Crippen LogP contribution in [0.25, 0.3) is 21.9 Å². The lowest BCUT2D eigenvalue weighted by Crippen LogP contribution is -2.64. The van der Waals surface area contributed by atoms with Crippen molar-refractivity contribution in [3.05, 3.63) is 242 Å². The lowest BCUT2D eigenvalue weighted by atomic mass is 9.30. The predicted octanol–water partition coefficient (Wildman–Crippen LogP) is 13.5. The van der Waals surface area contributed by atoms with Crippen LogP contribution in [-0.4, -0.2) is 13.4 Å². The lowest BCUT2D eigenvalue weighted by Gasteiger charge is -2.46. The predicted molar refractivity (Wildman–Crippen MR) is 306 cm³/mol. The number of fused-ring (bicyclic) bond motifs is 14. The summed E-state index contributed by atoms with van der Waals surface area (Å²) in [5.74, 6) is 6.42. The number of rotatable bonds is 6. The van der Waals surface area contributed by atoms with Crippen LogP contribution < -0.4 is 61.5 Å². The van der Waals surface area contributed by atoms with Crippen LogP contribution in [-0.2, 0) is 5.41 Å². The van der Waals surface area contributed by atoms with Gasteiger partial charge in [-0.05, 0) is 158 Å². The van der Waals surface area contributed by atoms with Crippen LogP contribution in [0.1, 0.15) is 25.0 Å². The fourth-order valence-electron chi connectivity index (χ4n) is 13.0. The van der Waals surface area contributed by atoms with Gasteiger partial charge in [-0.25, -0.2) is 0 Å². The Balaban J connectivity index is 0.961. The number of para-hydroxylation sites is 6. The van der Waals surface area contributed by atoms with Crippen LogP contribution in [0.4, 0.5) is 34.1 Å². The van der Waals surface area contributed by atoms with Crippen LogP contribution in [0.3, 0.4) is 0 Å². The third kappa shape index (κ3) is 6.17. The molecule has 16 rings (SSSR count). The average molecular weight is 963 g/mol. The molecule has 0 N–H and O–H groups in total. The van der Waals surface area contributed by atoms with Crippen molar-refractivity contribution in [1.82, 2.24) is 0 Å². The largest absolute Gasteiger partial charge is 0.458 e. The summed E-state index contributed by atoms with van der Waals surface area (Å²) < 4.78 is 27.3. The first-order valence-electron chi connectivity index (χ1n) is 25.8. The molecule has 0 bridgehead atoms. The maximum Gasteiger partial charge on any atom is 0.260 e. The molecule has 4 heterocycles. The molecule has 8 heteroatoms. The van der Waals surface area contributed by atoms with Crippen LogP contribution in [0, 0.1) is 0 Å². The zero-order valence-electron chi connectivity index (χ0n) is 41.1. The van der Waals surface area contributed by atoms with Crippen molar-refractivity contribution in [2.24, 2.45) is 0 Å². The van der Waals surface area contributed by atoms with E-state index in [2.05, 4.69) is 187 Å². The van der Waals surface area contributed by atoms with E-state index >= 15 is 0 Å². The summed E-state index contributed by atoms with van der Waals surface area (Å²) in [6.45, 7) is 4.49. The second kappa shape index (κ2) is 15.8. The molecule has 75 heavy (non-hydrogen) atoms. The molecule has 0 amide bonds. The monoisotopic (exact) mass is 962 g/mol. The van der Waals surface area contributed by atoms with Crippen LogP contribution in [0.5, 0.6) is 46.0 Å². The molecule has 0 aromatic heterocycles. The summed E-state index contributed by atoms with van der Waals surface area (Å²) in [6.07, 6.45) is 0. The molecule has 0 saturated carbocycles. The van der Waals surface area contributed by atoms with E-state index in [9.17, 15) is 0 Å². The summed E-state index contributed by atoms with van der Waals surface area (Å²) >= 11 is 0. The van der Waals surface area contributed by atoms with Gasteiger partial charge in [-0.3, -0.25) is 0 Å². The number of nitrogens with zero attached hydrogens (tertiary/aromatic N) is 2. The van der Waals surface area contributed by atoms with Gasteiger partial charge in [0, 0.05) is 56.5 Å². The molecule has 11 aromatic carbocycles. The van der Waals surface area contributed by atoms with E-state index in [1.807, 2.05) is 66.7 Å². The Bertz CT molecular complexity index is 4190. The van der Waals surface area contributed by atoms with Gasteiger partial charge in [-0.2, -0.15) is 0 Å². The van der Waals surface area contributed by atoms with Gasteiger partial charge in [-0.15, -0.1) is 0 Å². The van der Waals surface area contributed by atoms with E-state index in [-0.39, 0.29) is 13.4 Å². The molecule has 352 valence electrons. The van der Waals surface area contributed by atoms with Gasteiger partial charge in [0.2, 0.25) is 0 Å². The molecule has 5 aliphatic rings. The van der Waals surface area contributed by atoms with Crippen molar-refractivity contribution in [2.75, 3.05) is 9.80 Å². The van der Waals surface area contributed by atoms with Crippen LogP contribution in [0.15, 0.2) is 231 Å². The first-order valence-corrected chi connectivity index (χ1v) is 25.8. The van der Waals surface area contributed by atoms with E-state index < -0.39 is 5.41 Å². The smallest absolute Gasteiger partial charge is 0.260 e. The highest BCUT2D eigenvalue weighted by atomic mass is 16.5. The number of benzene rings is 11. The van der Waals surface area contributed by atoms with E-state index in [0.717, 1.165) is 95.9 Å². The summed E-state index contributed by atoms with van der Waals surface area (Å²) in [7, 11) is 0. The van der Waals surface area contributed by atoms with Gasteiger partial charge in [0.05, 0.1) is 0 Å². The first kappa shape index (κ1) is 42.1. The van der Waals surface area contributed by atoms with Gasteiger partial charge < -0.3 is 28.7 Å². The minimum Gasteiger partial charge on any atom is -0.458 e. The Morgan fingerprint density at radius 3 is 1.75 bits per heavy atom. The molecule has 0 saturated heterocycles. The third-order valence-electron chi connectivity index (χ3n) is 16.2. The average Bonchev–Trinajstić information content (AvgIpc) is 3.90. The van der Waals surface area contributed by atoms with Gasteiger partial charge >= 0.3 is 0 Å². The molecular weight excluding hydrogens is 918 g/mol. The highest BCUT2D eigenvalue weighted by Gasteiger charge is 2.51. The van der Waals surface area contributed by atoms with Gasteiger partial charge in [0.1, 0.15) is 46.0 Å². The standard InChI is InChI=1S/C67H44B2N2O4/c1-67(2)51-37-47(73-45-25-13-6-14-26-45)32-34-49(51)50-38-58-63-65(62(50)67)71(43-21-9-4-10-22-43)56-29-17-15-27-52(56)68(63)54-39-55-60(40-57(54)70(58)42-19-7-3-8-20-42)75-66-48-33-31-46(72-44-23-11-5-12-24-44)35-41(48)36-61-64(66)69(55)53-28-16-18-30-59(53)74-61/h3-40H,1-2H3. The van der Waals surface area contributed by atoms with E-state index in [1.54, 1.807) is 0 Å². The quantitative estimate of drug-likeness (QED) is 0.155. The fourth-order valence-corrected chi connectivity index (χ4v) is 13.0. The van der Waals surface area contributed by atoms with Crippen molar-refractivity contribution in [3.8, 4) is 57.1 Å². The highest BCUT2D eigenvalue weighted by molar-refractivity contribution is 7.02. The van der Waals surface area contributed by atoms with Crippen molar-refractivity contribution < 1.29 is 18.9 Å². The molecule has 4 aliphatic heterocycles. The summed E-state index contributed by atoms with van der Waals surface area (Å²) in [5.41, 5.74) is 18.3.